The molecule has 0 aromatic rings. The number of halogens is 2. The molecule has 0 aliphatic carbocycles. The summed E-state index contributed by atoms with van der Waals surface area (Å²) in [7, 11) is 0. The van der Waals surface area contributed by atoms with Gasteiger partial charge >= 0.3 is 0 Å². The van der Waals surface area contributed by atoms with Crippen LogP contribution in [0.3, 0.4) is 0 Å². The highest BCUT2D eigenvalue weighted by Crippen LogP contribution is 2.18. The number of amidine groups is 1. The van der Waals surface area contributed by atoms with Crippen molar-refractivity contribution in [3.63, 3.8) is 0 Å². The van der Waals surface area contributed by atoms with E-state index in [0.717, 1.165) is 29.3 Å². The molecular formula is C6H10Br2N2S. The zero-order chi connectivity index (χ0) is 8.27. The number of hydrogen-bond acceptors (Lipinski definition) is 2. The summed E-state index contributed by atoms with van der Waals surface area (Å²) in [6, 6.07) is 0. The van der Waals surface area contributed by atoms with Crippen LogP contribution in [0.5, 0.6) is 0 Å². The van der Waals surface area contributed by atoms with Crippen molar-refractivity contribution in [2.75, 3.05) is 24.2 Å². The van der Waals surface area contributed by atoms with Gasteiger partial charge in [0.15, 0.2) is 5.17 Å². The van der Waals surface area contributed by atoms with E-state index in [9.17, 15) is 0 Å². The lowest BCUT2D eigenvalue weighted by atomic mass is 10.4. The van der Waals surface area contributed by atoms with E-state index < -0.39 is 0 Å². The topological polar surface area (TPSA) is 27.1 Å². The van der Waals surface area contributed by atoms with Crippen LogP contribution in [0.15, 0.2) is 0 Å². The SMILES string of the molecule is N=C1SCCN1C[C@@H](Br)CBr. The van der Waals surface area contributed by atoms with E-state index in [1.165, 1.54) is 0 Å². The molecule has 0 saturated carbocycles. The molecule has 1 fully saturated rings. The minimum atomic E-state index is 0.460. The van der Waals surface area contributed by atoms with Crippen LogP contribution in [0.25, 0.3) is 0 Å². The van der Waals surface area contributed by atoms with E-state index in [-0.39, 0.29) is 0 Å². The normalized spacial score (nSPS) is 20.9. The minimum Gasteiger partial charge on any atom is -0.350 e. The molecule has 1 atom stereocenters. The molecule has 0 amide bonds. The first kappa shape index (κ1) is 9.86. The van der Waals surface area contributed by atoms with Crippen molar-refractivity contribution in [3.05, 3.63) is 0 Å². The van der Waals surface area contributed by atoms with Crippen molar-refractivity contribution in [2.45, 2.75) is 4.83 Å². The van der Waals surface area contributed by atoms with Gasteiger partial charge in [0.2, 0.25) is 0 Å². The molecule has 0 bridgehead atoms. The van der Waals surface area contributed by atoms with Gasteiger partial charge in [0.25, 0.3) is 0 Å². The minimum absolute atomic E-state index is 0.460. The summed E-state index contributed by atoms with van der Waals surface area (Å²) in [5.74, 6) is 1.07. The van der Waals surface area contributed by atoms with E-state index in [2.05, 4.69) is 36.8 Å². The van der Waals surface area contributed by atoms with Crippen LogP contribution in [0.2, 0.25) is 0 Å². The van der Waals surface area contributed by atoms with Gasteiger partial charge in [-0.15, -0.1) is 0 Å². The van der Waals surface area contributed by atoms with E-state index in [1.54, 1.807) is 11.8 Å². The summed E-state index contributed by atoms with van der Waals surface area (Å²) >= 11 is 8.54. The van der Waals surface area contributed by atoms with E-state index >= 15 is 0 Å². The van der Waals surface area contributed by atoms with Gasteiger partial charge in [-0.3, -0.25) is 5.41 Å². The average Bonchev–Trinajstić information content (AvgIpc) is 2.37. The molecule has 0 aromatic carbocycles. The van der Waals surface area contributed by atoms with Crippen molar-refractivity contribution in [3.8, 4) is 0 Å². The molecule has 1 saturated heterocycles. The molecule has 0 unspecified atom stereocenters. The summed E-state index contributed by atoms with van der Waals surface area (Å²) in [5.41, 5.74) is 0. The molecule has 0 aromatic heterocycles. The average molecular weight is 302 g/mol. The highest BCUT2D eigenvalue weighted by Gasteiger charge is 2.19. The van der Waals surface area contributed by atoms with E-state index in [4.69, 9.17) is 5.41 Å². The Morgan fingerprint density at radius 3 is 2.91 bits per heavy atom. The quantitative estimate of drug-likeness (QED) is 0.809. The lowest BCUT2D eigenvalue weighted by Gasteiger charge is -2.18. The van der Waals surface area contributed by atoms with Crippen molar-refractivity contribution in [1.82, 2.24) is 4.90 Å². The highest BCUT2D eigenvalue weighted by atomic mass is 79.9. The smallest absolute Gasteiger partial charge is 0.156 e. The summed E-state index contributed by atoms with van der Waals surface area (Å²) in [6.45, 7) is 1.97. The van der Waals surface area contributed by atoms with Crippen molar-refractivity contribution in [1.29, 1.82) is 5.41 Å². The molecule has 5 heteroatoms. The molecule has 0 radical (unpaired) electrons. The van der Waals surface area contributed by atoms with Gasteiger partial charge in [-0.2, -0.15) is 0 Å². The summed E-state index contributed by atoms with van der Waals surface area (Å²) in [4.78, 5) is 2.56. The Balaban J connectivity index is 2.30. The molecule has 1 rings (SSSR count). The number of rotatable bonds is 3. The van der Waals surface area contributed by atoms with Gasteiger partial charge in [0.05, 0.1) is 0 Å². The van der Waals surface area contributed by atoms with E-state index in [1.807, 2.05) is 0 Å². The zero-order valence-electron chi connectivity index (χ0n) is 6.02. The maximum absolute atomic E-state index is 7.53. The summed E-state index contributed by atoms with van der Waals surface area (Å²) in [6.07, 6.45) is 0. The molecule has 11 heavy (non-hydrogen) atoms. The van der Waals surface area contributed by atoms with Crippen LogP contribution in [0.1, 0.15) is 0 Å². The van der Waals surface area contributed by atoms with Crippen LogP contribution < -0.4 is 0 Å². The zero-order valence-corrected chi connectivity index (χ0v) is 10.0. The Morgan fingerprint density at radius 1 is 1.73 bits per heavy atom. The van der Waals surface area contributed by atoms with Gasteiger partial charge < -0.3 is 4.90 Å². The van der Waals surface area contributed by atoms with Gasteiger partial charge in [0.1, 0.15) is 0 Å². The van der Waals surface area contributed by atoms with Gasteiger partial charge in [0, 0.05) is 29.0 Å². The number of nitrogens with zero attached hydrogens (tertiary/aromatic N) is 1. The maximum Gasteiger partial charge on any atom is 0.156 e. The first-order chi connectivity index (χ1) is 5.24. The first-order valence-corrected chi connectivity index (χ1v) is 6.42. The Hall–Kier alpha value is 0.780. The fourth-order valence-electron chi connectivity index (χ4n) is 0.907. The molecule has 2 nitrogen and oxygen atoms in total. The lowest BCUT2D eigenvalue weighted by molar-refractivity contribution is 0.468. The Labute approximate surface area is 87.9 Å². The number of alkyl halides is 2. The van der Waals surface area contributed by atoms with Crippen LogP contribution >= 0.6 is 43.6 Å². The van der Waals surface area contributed by atoms with Crippen LogP contribution in [-0.4, -0.2) is 39.1 Å². The van der Waals surface area contributed by atoms with Gasteiger partial charge in [-0.05, 0) is 0 Å². The second-order valence-electron chi connectivity index (χ2n) is 2.35. The Morgan fingerprint density at radius 2 is 2.45 bits per heavy atom. The predicted octanol–water partition coefficient (Wildman–Crippen LogP) is 2.13. The van der Waals surface area contributed by atoms with Crippen LogP contribution in [0, 0.1) is 5.41 Å². The Kier molecular flexibility index (Phi) is 4.23. The first-order valence-electron chi connectivity index (χ1n) is 3.40. The Bertz CT molecular complexity index is 154. The predicted molar refractivity (Wildman–Crippen MR) is 58.3 cm³/mol. The molecule has 0 spiro atoms. The van der Waals surface area contributed by atoms with Crippen molar-refractivity contribution < 1.29 is 0 Å². The van der Waals surface area contributed by atoms with Gasteiger partial charge in [-0.1, -0.05) is 43.6 Å². The van der Waals surface area contributed by atoms with Crippen molar-refractivity contribution >= 4 is 48.8 Å². The molecule has 1 N–H and O–H groups in total. The monoisotopic (exact) mass is 300 g/mol. The summed E-state index contributed by atoms with van der Waals surface area (Å²) in [5, 5.41) is 9.19. The molecule has 1 aliphatic heterocycles. The lowest BCUT2D eigenvalue weighted by Crippen LogP contribution is -2.30. The highest BCUT2D eigenvalue weighted by molar-refractivity contribution is 9.12. The molecular weight excluding hydrogens is 292 g/mol. The third kappa shape index (κ3) is 2.95. The van der Waals surface area contributed by atoms with Crippen LogP contribution in [0.4, 0.5) is 0 Å². The fraction of sp³-hybridized carbons (Fsp3) is 0.833. The third-order valence-corrected chi connectivity index (χ3v) is 4.66. The fourth-order valence-corrected chi connectivity index (χ4v) is 2.32. The standard InChI is InChI=1S/C6H10Br2N2S/c7-3-5(8)4-10-1-2-11-6(10)9/h5,9H,1-4H2/t5-/m0/s1. The molecule has 1 heterocycles. The van der Waals surface area contributed by atoms with E-state index in [0.29, 0.717) is 4.83 Å². The summed E-state index contributed by atoms with van der Waals surface area (Å²) < 4.78 is 0. The van der Waals surface area contributed by atoms with Gasteiger partial charge in [-0.25, -0.2) is 0 Å². The second kappa shape index (κ2) is 4.72. The molecule has 64 valence electrons. The number of nitrogens with one attached hydrogen (secondary N) is 1. The second-order valence-corrected chi connectivity index (χ2v) is 5.38. The maximum atomic E-state index is 7.53. The third-order valence-electron chi connectivity index (χ3n) is 1.47. The van der Waals surface area contributed by atoms with Crippen LogP contribution in [-0.2, 0) is 0 Å². The largest absolute Gasteiger partial charge is 0.350 e. The number of thioether (sulfide) groups is 1. The molecule has 1 aliphatic rings. The number of hydrogen-bond donors (Lipinski definition) is 1. The van der Waals surface area contributed by atoms with Crippen molar-refractivity contribution in [2.24, 2.45) is 0 Å².